The van der Waals surface area contributed by atoms with Gasteiger partial charge in [0.2, 0.25) is 0 Å². The number of benzene rings is 1. The second kappa shape index (κ2) is 10.8. The number of nitrogens with one attached hydrogen (secondary N) is 1. The Hall–Kier alpha value is -1.92. The maximum atomic E-state index is 10.7. The summed E-state index contributed by atoms with van der Waals surface area (Å²) < 4.78 is 0. The van der Waals surface area contributed by atoms with Gasteiger partial charge in [0.05, 0.1) is 0 Å². The van der Waals surface area contributed by atoms with Crippen LogP contribution in [0.15, 0.2) is 30.3 Å². The van der Waals surface area contributed by atoms with Crippen molar-refractivity contribution in [3.63, 3.8) is 0 Å². The average Bonchev–Trinajstić information content (AvgIpc) is 2.55. The summed E-state index contributed by atoms with van der Waals surface area (Å²) in [5, 5.41) is 20.2. The van der Waals surface area contributed by atoms with E-state index in [0.717, 1.165) is 12.8 Å². The number of hydrogen-bond acceptors (Lipinski definition) is 4. The van der Waals surface area contributed by atoms with Crippen molar-refractivity contribution in [1.29, 1.82) is 0 Å². The van der Waals surface area contributed by atoms with Gasteiger partial charge in [-0.15, -0.1) is 0 Å². The van der Waals surface area contributed by atoms with Crippen molar-refractivity contribution in [3.05, 3.63) is 35.9 Å². The molecule has 3 atom stereocenters. The number of carboxylic acid groups (broad SMARTS) is 2. The molecule has 0 aliphatic heterocycles. The summed E-state index contributed by atoms with van der Waals surface area (Å²) in [6, 6.07) is 9.45. The molecular weight excluding hydrogens is 308 g/mol. The lowest BCUT2D eigenvalue weighted by molar-refractivity contribution is -0.144. The highest BCUT2D eigenvalue weighted by Gasteiger charge is 2.33. The van der Waals surface area contributed by atoms with E-state index in [1.54, 1.807) is 14.0 Å². The van der Waals surface area contributed by atoms with Crippen molar-refractivity contribution in [2.45, 2.75) is 51.6 Å². The zero-order chi connectivity index (χ0) is 18.8. The summed E-state index contributed by atoms with van der Waals surface area (Å²) in [5.74, 6) is -1.70. The Morgan fingerprint density at radius 2 is 1.79 bits per heavy atom. The average molecular weight is 338 g/mol. The predicted molar refractivity (Wildman–Crippen MR) is 94.9 cm³/mol. The van der Waals surface area contributed by atoms with E-state index < -0.39 is 23.5 Å². The van der Waals surface area contributed by atoms with Crippen molar-refractivity contribution in [3.8, 4) is 0 Å². The van der Waals surface area contributed by atoms with Crippen molar-refractivity contribution in [2.75, 3.05) is 7.05 Å². The van der Waals surface area contributed by atoms with Crippen LogP contribution >= 0.6 is 0 Å². The molecule has 0 saturated carbocycles. The second-order valence-corrected chi connectivity index (χ2v) is 6.10. The molecule has 24 heavy (non-hydrogen) atoms. The number of carboxylic acids is 2. The molecule has 0 unspecified atom stereocenters. The third-order valence-electron chi connectivity index (χ3n) is 4.31. The zero-order valence-electron chi connectivity index (χ0n) is 15.0. The van der Waals surface area contributed by atoms with Crippen LogP contribution in [-0.4, -0.2) is 40.8 Å². The first-order chi connectivity index (χ1) is 11.2. The van der Waals surface area contributed by atoms with Crippen molar-refractivity contribution < 1.29 is 19.8 Å². The molecule has 0 bridgehead atoms. The fourth-order valence-electron chi connectivity index (χ4n) is 1.98. The van der Waals surface area contributed by atoms with Gasteiger partial charge in [-0.25, -0.2) is 0 Å². The highest BCUT2D eigenvalue weighted by atomic mass is 16.4. The van der Waals surface area contributed by atoms with Crippen LogP contribution in [-0.2, 0) is 16.0 Å². The van der Waals surface area contributed by atoms with E-state index in [1.165, 1.54) is 5.56 Å². The lowest BCUT2D eigenvalue weighted by Crippen LogP contribution is -2.50. The number of aryl methyl sites for hydroxylation is 1. The molecule has 0 aliphatic rings. The lowest BCUT2D eigenvalue weighted by Gasteiger charge is -2.25. The summed E-state index contributed by atoms with van der Waals surface area (Å²) in [6.45, 7) is 5.32. The van der Waals surface area contributed by atoms with E-state index in [2.05, 4.69) is 5.32 Å². The van der Waals surface area contributed by atoms with Gasteiger partial charge in [-0.2, -0.15) is 0 Å². The Morgan fingerprint density at radius 1 is 1.25 bits per heavy atom. The number of aliphatic carboxylic acids is 2. The molecule has 1 aromatic rings. The van der Waals surface area contributed by atoms with Gasteiger partial charge in [0.25, 0.3) is 0 Å². The number of nitrogens with two attached hydrogens (primary N) is 1. The monoisotopic (exact) mass is 338 g/mol. The van der Waals surface area contributed by atoms with Gasteiger partial charge in [-0.05, 0) is 38.3 Å². The molecule has 1 rings (SSSR count). The lowest BCUT2D eigenvalue weighted by atomic mass is 9.86. The van der Waals surface area contributed by atoms with E-state index in [9.17, 15) is 9.59 Å². The largest absolute Gasteiger partial charge is 0.480 e. The molecule has 0 saturated heterocycles. The van der Waals surface area contributed by atoms with Gasteiger partial charge < -0.3 is 21.3 Å². The summed E-state index contributed by atoms with van der Waals surface area (Å²) in [4.78, 5) is 21.2. The number of hydrogen-bond donors (Lipinski definition) is 4. The van der Waals surface area contributed by atoms with Crippen LogP contribution in [0.25, 0.3) is 0 Å². The van der Waals surface area contributed by atoms with Crippen LogP contribution in [0.4, 0.5) is 0 Å². The smallest absolute Gasteiger partial charge is 0.323 e. The Labute approximate surface area is 144 Å². The normalized spacial score (nSPS) is 15.4. The van der Waals surface area contributed by atoms with Crippen LogP contribution in [0.3, 0.4) is 0 Å². The van der Waals surface area contributed by atoms with E-state index in [0.29, 0.717) is 6.42 Å². The Balaban J connectivity index is 0.000000470. The minimum Gasteiger partial charge on any atom is -0.480 e. The van der Waals surface area contributed by atoms with Gasteiger partial charge in [-0.1, -0.05) is 50.6 Å². The Morgan fingerprint density at radius 3 is 2.12 bits per heavy atom. The van der Waals surface area contributed by atoms with E-state index in [1.807, 2.05) is 44.2 Å². The molecule has 0 amide bonds. The maximum Gasteiger partial charge on any atom is 0.323 e. The molecule has 5 N–H and O–H groups in total. The Bertz CT molecular complexity index is 503. The Kier molecular flexibility index (Phi) is 9.92. The predicted octanol–water partition coefficient (Wildman–Crippen LogP) is 2.13. The standard InChI is InChI=1S/C11H15NO2.C7H15NO2/c1-12-10(11(13)14)8-7-9-5-3-2-4-6-9;1-4-5(2)7(3,8)6(9)10/h2-6,10,12H,7-8H2,1H3,(H,13,14);5H,4,8H2,1-3H3,(H,9,10)/t10-;5-,7-/m00/s1. The molecule has 0 aliphatic carbocycles. The van der Waals surface area contributed by atoms with Crippen LogP contribution in [0, 0.1) is 5.92 Å². The highest BCUT2D eigenvalue weighted by Crippen LogP contribution is 2.16. The fourth-order valence-corrected chi connectivity index (χ4v) is 1.98. The van der Waals surface area contributed by atoms with Crippen LogP contribution in [0.1, 0.15) is 39.2 Å². The first-order valence-corrected chi connectivity index (χ1v) is 8.13. The summed E-state index contributed by atoms with van der Waals surface area (Å²) >= 11 is 0. The van der Waals surface area contributed by atoms with Crippen molar-refractivity contribution in [1.82, 2.24) is 5.32 Å². The number of likely N-dealkylation sites (N-methyl/N-ethyl adjacent to an activating group) is 1. The van der Waals surface area contributed by atoms with Crippen molar-refractivity contribution in [2.24, 2.45) is 11.7 Å². The molecule has 0 heterocycles. The first-order valence-electron chi connectivity index (χ1n) is 8.13. The van der Waals surface area contributed by atoms with Gasteiger partial charge >= 0.3 is 11.9 Å². The molecular formula is C18H30N2O4. The molecule has 0 fully saturated rings. The third-order valence-corrected chi connectivity index (χ3v) is 4.31. The van der Waals surface area contributed by atoms with Gasteiger partial charge in [0, 0.05) is 0 Å². The highest BCUT2D eigenvalue weighted by molar-refractivity contribution is 5.78. The van der Waals surface area contributed by atoms with Crippen LogP contribution in [0.5, 0.6) is 0 Å². The van der Waals surface area contributed by atoms with Crippen molar-refractivity contribution >= 4 is 11.9 Å². The van der Waals surface area contributed by atoms with Crippen LogP contribution in [0.2, 0.25) is 0 Å². The minimum absolute atomic E-state index is 0.0185. The SMILES string of the molecule is CC[C@H](C)[C@](C)(N)C(=O)O.CN[C@@H](CCc1ccccc1)C(=O)O. The zero-order valence-corrected chi connectivity index (χ0v) is 15.0. The molecule has 136 valence electrons. The summed E-state index contributed by atoms with van der Waals surface area (Å²) in [5.41, 5.74) is 5.61. The molecule has 6 nitrogen and oxygen atoms in total. The summed E-state index contributed by atoms with van der Waals surface area (Å²) in [6.07, 6.45) is 2.20. The topological polar surface area (TPSA) is 113 Å². The quantitative estimate of drug-likeness (QED) is 0.577. The van der Waals surface area contributed by atoms with E-state index in [-0.39, 0.29) is 5.92 Å². The molecule has 0 spiro atoms. The van der Waals surface area contributed by atoms with Gasteiger partial charge in [-0.3, -0.25) is 9.59 Å². The first kappa shape index (κ1) is 22.1. The minimum atomic E-state index is -1.07. The molecule has 1 aromatic carbocycles. The third kappa shape index (κ3) is 7.57. The fraction of sp³-hybridized carbons (Fsp3) is 0.556. The van der Waals surface area contributed by atoms with Crippen LogP contribution < -0.4 is 11.1 Å². The van der Waals surface area contributed by atoms with Gasteiger partial charge in [0.1, 0.15) is 11.6 Å². The van der Waals surface area contributed by atoms with Gasteiger partial charge in [0.15, 0.2) is 0 Å². The van der Waals surface area contributed by atoms with E-state index >= 15 is 0 Å². The number of rotatable bonds is 8. The van der Waals surface area contributed by atoms with E-state index in [4.69, 9.17) is 15.9 Å². The summed E-state index contributed by atoms with van der Waals surface area (Å²) in [7, 11) is 1.67. The second-order valence-electron chi connectivity index (χ2n) is 6.10. The molecule has 0 radical (unpaired) electrons. The molecule has 6 heteroatoms. The molecule has 0 aromatic heterocycles. The number of carbonyl (C=O) groups is 2. The maximum absolute atomic E-state index is 10.7.